The van der Waals surface area contributed by atoms with Crippen molar-refractivity contribution in [3.05, 3.63) is 6.42 Å². The van der Waals surface area contributed by atoms with Gasteiger partial charge in [-0.15, -0.1) is 0 Å². The van der Waals surface area contributed by atoms with Crippen LogP contribution >= 0.6 is 0 Å². The van der Waals surface area contributed by atoms with E-state index in [2.05, 4.69) is 6.42 Å². The maximum absolute atomic E-state index is 10.6. The molecule has 1 aliphatic carbocycles. The van der Waals surface area contributed by atoms with Gasteiger partial charge in [0, 0.05) is 13.2 Å². The molecule has 0 heterocycles. The van der Waals surface area contributed by atoms with Crippen LogP contribution in [0.5, 0.6) is 0 Å². The largest absolute Gasteiger partial charge is 0.378 e. The maximum Gasteiger partial charge on any atom is 0.229 e. The first kappa shape index (κ1) is 22.6. The highest BCUT2D eigenvalue weighted by molar-refractivity contribution is 5.56. The molecule has 3 heteroatoms. The lowest BCUT2D eigenvalue weighted by atomic mass is 9.98. The second-order valence-corrected chi connectivity index (χ2v) is 7.32. The minimum absolute atomic E-state index is 0.301. The first-order valence-corrected chi connectivity index (χ1v) is 10.8. The summed E-state index contributed by atoms with van der Waals surface area (Å²) in [5.74, 6) is 0. The van der Waals surface area contributed by atoms with Crippen molar-refractivity contribution < 1.29 is 14.3 Å². The predicted molar refractivity (Wildman–Crippen MR) is 104 cm³/mol. The zero-order valence-corrected chi connectivity index (χ0v) is 16.5. The van der Waals surface area contributed by atoms with Gasteiger partial charge in [-0.3, -0.25) is 4.79 Å². The molecule has 0 aromatic carbocycles. The summed E-state index contributed by atoms with van der Waals surface area (Å²) in [4.78, 5) is 10.6. The molecule has 0 spiro atoms. The van der Waals surface area contributed by atoms with Gasteiger partial charge in [-0.25, -0.2) is 0 Å². The SMILES string of the molecule is CCOC([C]=O)CCCCCCCCCCCCOC1CC[CH]CC1. The van der Waals surface area contributed by atoms with Crippen LogP contribution in [0.1, 0.15) is 103 Å². The van der Waals surface area contributed by atoms with Gasteiger partial charge in [0.05, 0.1) is 6.10 Å². The lowest BCUT2D eigenvalue weighted by Crippen LogP contribution is -2.17. The van der Waals surface area contributed by atoms with Gasteiger partial charge < -0.3 is 9.47 Å². The smallest absolute Gasteiger partial charge is 0.229 e. The van der Waals surface area contributed by atoms with Gasteiger partial charge in [0.15, 0.2) is 0 Å². The molecule has 0 bridgehead atoms. The highest BCUT2D eigenvalue weighted by Crippen LogP contribution is 2.20. The van der Waals surface area contributed by atoms with Crippen LogP contribution in [0.15, 0.2) is 0 Å². The molecule has 1 fully saturated rings. The molecule has 3 nitrogen and oxygen atoms in total. The van der Waals surface area contributed by atoms with Gasteiger partial charge in [0.2, 0.25) is 6.29 Å². The van der Waals surface area contributed by atoms with Gasteiger partial charge in [-0.2, -0.15) is 0 Å². The zero-order chi connectivity index (χ0) is 18.0. The summed E-state index contributed by atoms with van der Waals surface area (Å²) in [6.45, 7) is 3.49. The van der Waals surface area contributed by atoms with E-state index < -0.39 is 0 Å². The van der Waals surface area contributed by atoms with Crippen LogP contribution in [-0.4, -0.2) is 31.7 Å². The summed E-state index contributed by atoms with van der Waals surface area (Å²) >= 11 is 0. The van der Waals surface area contributed by atoms with Gasteiger partial charge in [-0.1, -0.05) is 57.8 Å². The number of hydrogen-bond donors (Lipinski definition) is 0. The molecule has 1 unspecified atom stereocenters. The van der Waals surface area contributed by atoms with E-state index in [1.165, 1.54) is 83.5 Å². The lowest BCUT2D eigenvalue weighted by molar-refractivity contribution is 0.0326. The Morgan fingerprint density at radius 3 is 2.04 bits per heavy atom. The summed E-state index contributed by atoms with van der Waals surface area (Å²) in [5, 5.41) is 0. The van der Waals surface area contributed by atoms with Crippen molar-refractivity contribution in [2.45, 2.75) is 115 Å². The van der Waals surface area contributed by atoms with E-state index in [1.807, 2.05) is 13.2 Å². The van der Waals surface area contributed by atoms with Crippen molar-refractivity contribution in [2.24, 2.45) is 0 Å². The second kappa shape index (κ2) is 17.0. The van der Waals surface area contributed by atoms with Crippen molar-refractivity contribution >= 4 is 6.29 Å². The van der Waals surface area contributed by atoms with Crippen LogP contribution in [-0.2, 0) is 14.3 Å². The van der Waals surface area contributed by atoms with E-state index in [4.69, 9.17) is 9.47 Å². The fourth-order valence-corrected chi connectivity index (χ4v) is 3.54. The fraction of sp³-hybridized carbons (Fsp3) is 0.909. The summed E-state index contributed by atoms with van der Waals surface area (Å²) < 4.78 is 11.2. The average molecular weight is 353 g/mol. The Hall–Kier alpha value is -0.410. The molecule has 0 N–H and O–H groups in total. The molecular formula is C22H40O3. The predicted octanol–water partition coefficient (Wildman–Crippen LogP) is 5.96. The first-order valence-electron chi connectivity index (χ1n) is 10.8. The quantitative estimate of drug-likeness (QED) is 0.303. The van der Waals surface area contributed by atoms with Crippen molar-refractivity contribution in [1.82, 2.24) is 0 Å². The van der Waals surface area contributed by atoms with Crippen molar-refractivity contribution in [2.75, 3.05) is 13.2 Å². The highest BCUT2D eigenvalue weighted by atomic mass is 16.5. The second-order valence-electron chi connectivity index (χ2n) is 7.32. The van der Waals surface area contributed by atoms with E-state index in [0.717, 1.165) is 19.4 Å². The van der Waals surface area contributed by atoms with Crippen LogP contribution in [0.2, 0.25) is 0 Å². The Bertz CT molecular complexity index is 287. The Balaban J connectivity index is 1.73. The van der Waals surface area contributed by atoms with Gasteiger partial charge in [-0.05, 0) is 51.9 Å². The number of rotatable bonds is 17. The van der Waals surface area contributed by atoms with Crippen LogP contribution in [0.25, 0.3) is 0 Å². The Kier molecular flexibility index (Phi) is 15.4. The molecule has 0 saturated heterocycles. The third-order valence-corrected chi connectivity index (χ3v) is 5.10. The highest BCUT2D eigenvalue weighted by Gasteiger charge is 2.13. The number of hydrogen-bond acceptors (Lipinski definition) is 3. The summed E-state index contributed by atoms with van der Waals surface area (Å²) in [7, 11) is 0. The molecule has 1 atom stereocenters. The summed E-state index contributed by atoms with van der Waals surface area (Å²) in [6.07, 6.45) is 23.3. The van der Waals surface area contributed by atoms with Gasteiger partial charge in [0.25, 0.3) is 0 Å². The lowest BCUT2D eigenvalue weighted by Gasteiger charge is -2.21. The number of carbonyl (C=O) groups excluding carboxylic acids is 1. The maximum atomic E-state index is 10.6. The van der Waals surface area contributed by atoms with E-state index in [0.29, 0.717) is 12.7 Å². The summed E-state index contributed by atoms with van der Waals surface area (Å²) in [5.41, 5.74) is 0. The van der Waals surface area contributed by atoms with E-state index >= 15 is 0 Å². The Morgan fingerprint density at radius 2 is 1.48 bits per heavy atom. The third kappa shape index (κ3) is 13.5. The molecular weight excluding hydrogens is 312 g/mol. The monoisotopic (exact) mass is 352 g/mol. The molecule has 0 amide bonds. The Labute approximate surface area is 156 Å². The van der Waals surface area contributed by atoms with E-state index in [-0.39, 0.29) is 6.10 Å². The molecule has 1 saturated carbocycles. The van der Waals surface area contributed by atoms with Gasteiger partial charge >= 0.3 is 0 Å². The molecule has 0 aromatic heterocycles. The van der Waals surface area contributed by atoms with Crippen LogP contribution in [0.4, 0.5) is 0 Å². The number of ether oxygens (including phenoxy) is 2. The number of unbranched alkanes of at least 4 members (excludes halogenated alkanes) is 9. The van der Waals surface area contributed by atoms with Crippen molar-refractivity contribution in [3.8, 4) is 0 Å². The summed E-state index contributed by atoms with van der Waals surface area (Å²) in [6, 6.07) is 0. The fourth-order valence-electron chi connectivity index (χ4n) is 3.54. The molecule has 146 valence electrons. The minimum atomic E-state index is -0.301. The molecule has 0 aromatic rings. The topological polar surface area (TPSA) is 35.5 Å². The normalized spacial score (nSPS) is 16.8. The van der Waals surface area contributed by atoms with Crippen molar-refractivity contribution in [3.63, 3.8) is 0 Å². The van der Waals surface area contributed by atoms with Crippen LogP contribution in [0, 0.1) is 6.42 Å². The van der Waals surface area contributed by atoms with Gasteiger partial charge in [0.1, 0.15) is 6.10 Å². The molecule has 1 rings (SSSR count). The average Bonchev–Trinajstić information content (AvgIpc) is 2.65. The standard InChI is InChI=1S/C22H40O3/c1-2-24-22(20-23)18-12-9-7-5-3-4-6-8-10-15-19-25-21-16-13-11-14-17-21/h11,21-22H,2-10,12-19H2,1H3. The molecule has 25 heavy (non-hydrogen) atoms. The third-order valence-electron chi connectivity index (χ3n) is 5.10. The molecule has 0 aliphatic heterocycles. The minimum Gasteiger partial charge on any atom is -0.378 e. The molecule has 1 aliphatic rings. The van der Waals surface area contributed by atoms with Crippen LogP contribution in [0.3, 0.4) is 0 Å². The van der Waals surface area contributed by atoms with Crippen molar-refractivity contribution in [1.29, 1.82) is 0 Å². The Morgan fingerprint density at radius 1 is 0.920 bits per heavy atom. The van der Waals surface area contributed by atoms with E-state index in [9.17, 15) is 4.79 Å². The molecule has 2 radical (unpaired) electrons. The first-order chi connectivity index (χ1) is 12.4. The van der Waals surface area contributed by atoms with Crippen LogP contribution < -0.4 is 0 Å². The zero-order valence-electron chi connectivity index (χ0n) is 16.5. The van der Waals surface area contributed by atoms with E-state index in [1.54, 1.807) is 0 Å².